The molecule has 4 rings (SSSR count). The zero-order valence-corrected chi connectivity index (χ0v) is 14.1. The van der Waals surface area contributed by atoms with Gasteiger partial charge in [-0.2, -0.15) is 0 Å². The van der Waals surface area contributed by atoms with Gasteiger partial charge in [0.05, 0.1) is 23.3 Å². The van der Waals surface area contributed by atoms with E-state index in [-0.39, 0.29) is 18.6 Å². The van der Waals surface area contributed by atoms with Gasteiger partial charge in [0.15, 0.2) is 6.61 Å². The van der Waals surface area contributed by atoms with E-state index in [1.165, 1.54) is 0 Å². The van der Waals surface area contributed by atoms with Crippen LogP contribution in [0.15, 0.2) is 42.7 Å². The van der Waals surface area contributed by atoms with Crippen molar-refractivity contribution in [3.05, 3.63) is 54.1 Å². The molecule has 0 bridgehead atoms. The minimum Gasteiger partial charge on any atom is -0.482 e. The predicted octanol–water partition coefficient (Wildman–Crippen LogP) is 3.01. The summed E-state index contributed by atoms with van der Waals surface area (Å²) in [7, 11) is 0. The molecule has 1 aliphatic heterocycles. The molecule has 128 valence electrons. The van der Waals surface area contributed by atoms with Crippen LogP contribution in [0.25, 0.3) is 11.0 Å². The molecule has 1 atom stereocenters. The van der Waals surface area contributed by atoms with Crippen molar-refractivity contribution in [1.82, 2.24) is 19.9 Å². The van der Waals surface area contributed by atoms with Gasteiger partial charge in [-0.3, -0.25) is 9.78 Å². The van der Waals surface area contributed by atoms with Gasteiger partial charge in [-0.15, -0.1) is 0 Å². The van der Waals surface area contributed by atoms with Crippen molar-refractivity contribution < 1.29 is 9.53 Å². The summed E-state index contributed by atoms with van der Waals surface area (Å²) in [4.78, 5) is 26.6. The fourth-order valence-electron chi connectivity index (χ4n) is 3.36. The smallest absolute Gasteiger partial charge is 0.261 e. The van der Waals surface area contributed by atoms with Crippen LogP contribution in [-0.2, 0) is 4.79 Å². The van der Waals surface area contributed by atoms with Crippen molar-refractivity contribution in [3.8, 4) is 5.75 Å². The van der Waals surface area contributed by atoms with Gasteiger partial charge in [0, 0.05) is 12.7 Å². The molecule has 1 amide bonds. The largest absolute Gasteiger partial charge is 0.482 e. The number of nitrogens with one attached hydrogen (secondary N) is 1. The minimum atomic E-state index is -0.0245. The second-order valence-corrected chi connectivity index (χ2v) is 6.32. The maximum absolute atomic E-state index is 12.6. The molecule has 0 spiro atoms. The Morgan fingerprint density at radius 2 is 2.28 bits per heavy atom. The second kappa shape index (κ2) is 6.55. The van der Waals surface area contributed by atoms with Crippen molar-refractivity contribution >= 4 is 16.9 Å². The number of benzene rings is 1. The molecule has 1 aliphatic rings. The number of H-pyrrole nitrogens is 1. The molecule has 25 heavy (non-hydrogen) atoms. The second-order valence-electron chi connectivity index (χ2n) is 6.32. The van der Waals surface area contributed by atoms with E-state index in [4.69, 9.17) is 9.72 Å². The number of hydrogen-bond donors (Lipinski definition) is 1. The third-order valence-corrected chi connectivity index (χ3v) is 4.62. The lowest BCUT2D eigenvalue weighted by molar-refractivity contribution is -0.134. The molecule has 1 saturated heterocycles. The van der Waals surface area contributed by atoms with Crippen LogP contribution in [0, 0.1) is 6.92 Å². The number of pyridine rings is 1. The molecule has 2 aromatic heterocycles. The van der Waals surface area contributed by atoms with Crippen molar-refractivity contribution in [1.29, 1.82) is 0 Å². The molecule has 1 N–H and O–H groups in total. The van der Waals surface area contributed by atoms with Gasteiger partial charge in [0.2, 0.25) is 0 Å². The first kappa shape index (κ1) is 15.6. The highest BCUT2D eigenvalue weighted by atomic mass is 16.5. The van der Waals surface area contributed by atoms with Crippen LogP contribution in [0.4, 0.5) is 0 Å². The fourth-order valence-corrected chi connectivity index (χ4v) is 3.36. The van der Waals surface area contributed by atoms with Crippen LogP contribution >= 0.6 is 0 Å². The van der Waals surface area contributed by atoms with Gasteiger partial charge < -0.3 is 14.6 Å². The van der Waals surface area contributed by atoms with Crippen LogP contribution in [0.3, 0.4) is 0 Å². The summed E-state index contributed by atoms with van der Waals surface area (Å²) >= 11 is 0. The van der Waals surface area contributed by atoms with E-state index in [2.05, 4.69) is 9.97 Å². The summed E-state index contributed by atoms with van der Waals surface area (Å²) in [6.45, 7) is 2.80. The van der Waals surface area contributed by atoms with Crippen molar-refractivity contribution in [2.75, 3.05) is 13.2 Å². The maximum Gasteiger partial charge on any atom is 0.261 e. The summed E-state index contributed by atoms with van der Waals surface area (Å²) in [6.07, 6.45) is 5.17. The number of carbonyl (C=O) groups is 1. The van der Waals surface area contributed by atoms with Gasteiger partial charge >= 0.3 is 0 Å². The normalized spacial score (nSPS) is 17.2. The number of para-hydroxylation sites is 1. The lowest BCUT2D eigenvalue weighted by atomic mass is 10.2. The average molecular weight is 336 g/mol. The number of carbonyl (C=O) groups excluding carboxylic acids is 1. The quantitative estimate of drug-likeness (QED) is 0.795. The summed E-state index contributed by atoms with van der Waals surface area (Å²) in [5.41, 5.74) is 3.13. The fraction of sp³-hybridized carbons (Fsp3) is 0.316. The van der Waals surface area contributed by atoms with Crippen molar-refractivity contribution in [3.63, 3.8) is 0 Å². The highest BCUT2D eigenvalue weighted by molar-refractivity contribution is 5.80. The predicted molar refractivity (Wildman–Crippen MR) is 94.3 cm³/mol. The molecule has 0 aliphatic carbocycles. The van der Waals surface area contributed by atoms with E-state index in [1.54, 1.807) is 24.5 Å². The zero-order chi connectivity index (χ0) is 17.2. The molecule has 0 unspecified atom stereocenters. The minimum absolute atomic E-state index is 0.0153. The van der Waals surface area contributed by atoms with Crippen LogP contribution in [0.5, 0.6) is 5.75 Å². The molecule has 1 aromatic carbocycles. The van der Waals surface area contributed by atoms with Crippen LogP contribution < -0.4 is 4.74 Å². The molecular formula is C19H20N4O2. The number of likely N-dealkylation sites (tertiary alicyclic amines) is 1. The van der Waals surface area contributed by atoms with E-state index >= 15 is 0 Å². The summed E-state index contributed by atoms with van der Waals surface area (Å²) in [5, 5.41) is 0. The number of aryl methyl sites for hydroxylation is 1. The highest BCUT2D eigenvalue weighted by Gasteiger charge is 2.32. The van der Waals surface area contributed by atoms with Crippen molar-refractivity contribution in [2.45, 2.75) is 25.8 Å². The number of imidazole rings is 1. The van der Waals surface area contributed by atoms with Gasteiger partial charge in [-0.1, -0.05) is 12.1 Å². The third kappa shape index (κ3) is 3.07. The molecule has 3 heterocycles. The Kier molecular flexibility index (Phi) is 4.09. The summed E-state index contributed by atoms with van der Waals surface area (Å²) < 4.78 is 5.56. The topological polar surface area (TPSA) is 71.1 Å². The highest BCUT2D eigenvalue weighted by Crippen LogP contribution is 2.32. The zero-order valence-electron chi connectivity index (χ0n) is 14.1. The SMILES string of the molecule is Cc1cccc2[nH]c([C@H]3CCCN3C(=O)COc3cccnc3)nc12. The van der Waals surface area contributed by atoms with E-state index in [0.29, 0.717) is 5.75 Å². The summed E-state index contributed by atoms with van der Waals surface area (Å²) in [5.74, 6) is 1.44. The Balaban J connectivity index is 1.51. The lowest BCUT2D eigenvalue weighted by Gasteiger charge is -2.23. The number of fused-ring (bicyclic) bond motifs is 1. The van der Waals surface area contributed by atoms with E-state index in [9.17, 15) is 4.79 Å². The van der Waals surface area contributed by atoms with Gasteiger partial charge in [0.1, 0.15) is 11.6 Å². The molecule has 6 heteroatoms. The Bertz CT molecular complexity index is 891. The Labute approximate surface area is 145 Å². The van der Waals surface area contributed by atoms with Gasteiger partial charge in [-0.05, 0) is 43.5 Å². The van der Waals surface area contributed by atoms with Crippen LogP contribution in [0.2, 0.25) is 0 Å². The molecule has 0 radical (unpaired) electrons. The number of amides is 1. The number of aromatic amines is 1. The number of hydrogen-bond acceptors (Lipinski definition) is 4. The number of aromatic nitrogens is 3. The average Bonchev–Trinajstić information content (AvgIpc) is 3.28. The van der Waals surface area contributed by atoms with Gasteiger partial charge in [0.25, 0.3) is 5.91 Å². The van der Waals surface area contributed by atoms with E-state index in [1.807, 2.05) is 30.0 Å². The number of rotatable bonds is 4. The molecule has 0 saturated carbocycles. The monoisotopic (exact) mass is 336 g/mol. The van der Waals surface area contributed by atoms with Gasteiger partial charge in [-0.25, -0.2) is 4.98 Å². The molecule has 3 aromatic rings. The van der Waals surface area contributed by atoms with Crippen molar-refractivity contribution in [2.24, 2.45) is 0 Å². The lowest BCUT2D eigenvalue weighted by Crippen LogP contribution is -2.34. The number of nitrogens with zero attached hydrogens (tertiary/aromatic N) is 3. The molecular weight excluding hydrogens is 316 g/mol. The standard InChI is InChI=1S/C19H20N4O2/c1-13-5-2-7-15-18(13)22-19(21-15)16-8-4-10-23(16)17(24)12-25-14-6-3-9-20-11-14/h2-3,5-7,9,11,16H,4,8,10,12H2,1H3,(H,21,22)/t16-/m1/s1. The first-order valence-electron chi connectivity index (χ1n) is 8.50. The molecule has 6 nitrogen and oxygen atoms in total. The van der Waals surface area contributed by atoms with E-state index < -0.39 is 0 Å². The first-order valence-corrected chi connectivity index (χ1v) is 8.50. The van der Waals surface area contributed by atoms with Crippen LogP contribution in [0.1, 0.15) is 30.3 Å². The van der Waals surface area contributed by atoms with E-state index in [0.717, 1.165) is 41.8 Å². The number of ether oxygens (including phenoxy) is 1. The van der Waals surface area contributed by atoms with Crippen LogP contribution in [-0.4, -0.2) is 38.9 Å². The first-order chi connectivity index (χ1) is 12.2. The Morgan fingerprint density at radius 1 is 1.36 bits per heavy atom. The molecule has 1 fully saturated rings. The Hall–Kier alpha value is -2.89. The third-order valence-electron chi connectivity index (χ3n) is 4.62. The Morgan fingerprint density at radius 3 is 3.08 bits per heavy atom. The summed E-state index contributed by atoms with van der Waals surface area (Å²) in [6, 6.07) is 9.65. The maximum atomic E-state index is 12.6.